The predicted molar refractivity (Wildman–Crippen MR) is 85.3 cm³/mol. The molecule has 1 N–H and O–H groups in total. The lowest BCUT2D eigenvalue weighted by atomic mass is 9.99. The van der Waals surface area contributed by atoms with Crippen molar-refractivity contribution in [1.82, 2.24) is 4.90 Å². The summed E-state index contributed by atoms with van der Waals surface area (Å²) in [7, 11) is 2.08. The number of nitriles is 1. The summed E-state index contributed by atoms with van der Waals surface area (Å²) in [5.74, 6) is 0. The lowest BCUT2D eigenvalue weighted by Crippen LogP contribution is -2.43. The molecule has 0 bridgehead atoms. The highest BCUT2D eigenvalue weighted by atomic mass is 16.3. The molecule has 2 rings (SSSR count). The number of anilines is 1. The maximum Gasteiger partial charge on any atom is 0.0992 e. The fourth-order valence-corrected chi connectivity index (χ4v) is 3.09. The van der Waals surface area contributed by atoms with Gasteiger partial charge in [0.25, 0.3) is 0 Å². The molecule has 0 aliphatic carbocycles. The van der Waals surface area contributed by atoms with Gasteiger partial charge >= 0.3 is 0 Å². The van der Waals surface area contributed by atoms with E-state index in [9.17, 15) is 5.11 Å². The molecule has 0 saturated carbocycles. The number of piperidine rings is 1. The van der Waals surface area contributed by atoms with Crippen LogP contribution in [0.25, 0.3) is 0 Å². The van der Waals surface area contributed by atoms with E-state index in [1.807, 2.05) is 12.1 Å². The second kappa shape index (κ2) is 6.93. The third-order valence-corrected chi connectivity index (χ3v) is 4.54. The normalized spacial score (nSPS) is 18.2. The average Bonchev–Trinajstić information content (AvgIpc) is 2.53. The van der Waals surface area contributed by atoms with Gasteiger partial charge in [0.15, 0.2) is 0 Å². The van der Waals surface area contributed by atoms with Gasteiger partial charge in [-0.05, 0) is 38.4 Å². The number of rotatable bonds is 4. The summed E-state index contributed by atoms with van der Waals surface area (Å²) in [6, 6.07) is 8.21. The van der Waals surface area contributed by atoms with Crippen molar-refractivity contribution in [1.29, 1.82) is 5.26 Å². The Morgan fingerprint density at radius 2 is 2.10 bits per heavy atom. The zero-order valence-electron chi connectivity index (χ0n) is 13.2. The van der Waals surface area contributed by atoms with Crippen LogP contribution in [-0.2, 0) is 0 Å². The number of aliphatic hydroxyl groups is 1. The molecular formula is C17H25N3O. The van der Waals surface area contributed by atoms with E-state index in [4.69, 9.17) is 5.26 Å². The number of aliphatic hydroxyl groups excluding tert-OH is 1. The summed E-state index contributed by atoms with van der Waals surface area (Å²) in [6.07, 6.45) is 1.73. The van der Waals surface area contributed by atoms with Gasteiger partial charge in [-0.25, -0.2) is 0 Å². The SMILES string of the molecule is CCN1CCC(N(C)c2cc(C#N)ccc2[C@H](C)O)CC1. The highest BCUT2D eigenvalue weighted by molar-refractivity contribution is 5.58. The molecule has 4 heteroatoms. The van der Waals surface area contributed by atoms with E-state index in [0.717, 1.165) is 43.7 Å². The van der Waals surface area contributed by atoms with Crippen molar-refractivity contribution in [3.63, 3.8) is 0 Å². The maximum absolute atomic E-state index is 9.98. The van der Waals surface area contributed by atoms with Gasteiger partial charge in [0.05, 0.1) is 17.7 Å². The first-order chi connectivity index (χ1) is 10.1. The smallest absolute Gasteiger partial charge is 0.0992 e. The minimum Gasteiger partial charge on any atom is -0.389 e. The molecule has 1 aromatic carbocycles. The topological polar surface area (TPSA) is 50.5 Å². The molecule has 114 valence electrons. The van der Waals surface area contributed by atoms with Gasteiger partial charge in [-0.1, -0.05) is 13.0 Å². The van der Waals surface area contributed by atoms with E-state index in [1.54, 1.807) is 13.0 Å². The van der Waals surface area contributed by atoms with Crippen LogP contribution in [0, 0.1) is 11.3 Å². The molecule has 1 saturated heterocycles. The first-order valence-electron chi connectivity index (χ1n) is 7.74. The fraction of sp³-hybridized carbons (Fsp3) is 0.588. The van der Waals surface area contributed by atoms with Gasteiger partial charge in [0.2, 0.25) is 0 Å². The molecule has 1 fully saturated rings. The lowest BCUT2D eigenvalue weighted by Gasteiger charge is -2.38. The van der Waals surface area contributed by atoms with Crippen LogP contribution in [0.1, 0.15) is 43.9 Å². The standard InChI is InChI=1S/C17H25N3O/c1-4-20-9-7-15(8-10-20)19(3)17-11-14(12-18)5-6-16(17)13(2)21/h5-6,11,13,15,21H,4,7-10H2,1-3H3/t13-/m0/s1. The second-order valence-electron chi connectivity index (χ2n) is 5.84. The fourth-order valence-electron chi connectivity index (χ4n) is 3.09. The Morgan fingerprint density at radius 3 is 2.62 bits per heavy atom. The van der Waals surface area contributed by atoms with E-state index < -0.39 is 6.10 Å². The van der Waals surface area contributed by atoms with Crippen LogP contribution in [0.5, 0.6) is 0 Å². The number of benzene rings is 1. The minimum atomic E-state index is -0.522. The summed E-state index contributed by atoms with van der Waals surface area (Å²) in [6.45, 7) is 7.32. The van der Waals surface area contributed by atoms with Crippen molar-refractivity contribution < 1.29 is 5.11 Å². The van der Waals surface area contributed by atoms with Crippen molar-refractivity contribution in [2.75, 3.05) is 31.6 Å². The van der Waals surface area contributed by atoms with E-state index in [0.29, 0.717) is 11.6 Å². The quantitative estimate of drug-likeness (QED) is 0.924. The highest BCUT2D eigenvalue weighted by Gasteiger charge is 2.24. The van der Waals surface area contributed by atoms with E-state index in [1.165, 1.54) is 0 Å². The molecule has 1 aliphatic rings. The summed E-state index contributed by atoms with van der Waals surface area (Å²) < 4.78 is 0. The molecule has 0 aromatic heterocycles. The zero-order valence-corrected chi connectivity index (χ0v) is 13.2. The Hall–Kier alpha value is -1.57. The van der Waals surface area contributed by atoms with Crippen LogP contribution in [0.4, 0.5) is 5.69 Å². The van der Waals surface area contributed by atoms with Crippen molar-refractivity contribution in [2.24, 2.45) is 0 Å². The van der Waals surface area contributed by atoms with Crippen LogP contribution >= 0.6 is 0 Å². The van der Waals surface area contributed by atoms with Crippen LogP contribution in [0.15, 0.2) is 18.2 Å². The minimum absolute atomic E-state index is 0.472. The molecule has 1 atom stereocenters. The first kappa shape index (κ1) is 15.8. The Labute approximate surface area is 127 Å². The third kappa shape index (κ3) is 3.55. The van der Waals surface area contributed by atoms with Gasteiger partial charge < -0.3 is 14.9 Å². The average molecular weight is 287 g/mol. The van der Waals surface area contributed by atoms with Gasteiger partial charge in [0.1, 0.15) is 0 Å². The monoisotopic (exact) mass is 287 g/mol. The molecule has 1 aliphatic heterocycles. The third-order valence-electron chi connectivity index (χ3n) is 4.54. The first-order valence-corrected chi connectivity index (χ1v) is 7.74. The van der Waals surface area contributed by atoms with Gasteiger partial charge in [0, 0.05) is 37.4 Å². The second-order valence-corrected chi connectivity index (χ2v) is 5.84. The van der Waals surface area contributed by atoms with Crippen LogP contribution in [0.2, 0.25) is 0 Å². The van der Waals surface area contributed by atoms with Crippen LogP contribution in [0.3, 0.4) is 0 Å². The Morgan fingerprint density at radius 1 is 1.43 bits per heavy atom. The van der Waals surface area contributed by atoms with Crippen LogP contribution < -0.4 is 4.90 Å². The van der Waals surface area contributed by atoms with E-state index >= 15 is 0 Å². The Balaban J connectivity index is 2.22. The maximum atomic E-state index is 9.98. The van der Waals surface area contributed by atoms with Crippen molar-refractivity contribution in [2.45, 2.75) is 38.8 Å². The van der Waals surface area contributed by atoms with Crippen molar-refractivity contribution in [3.8, 4) is 6.07 Å². The van der Waals surface area contributed by atoms with Gasteiger partial charge in [-0.2, -0.15) is 5.26 Å². The lowest BCUT2D eigenvalue weighted by molar-refractivity contribution is 0.198. The summed E-state index contributed by atoms with van der Waals surface area (Å²) in [4.78, 5) is 4.71. The predicted octanol–water partition coefficient (Wildman–Crippen LogP) is 2.53. The summed E-state index contributed by atoms with van der Waals surface area (Å²) >= 11 is 0. The molecular weight excluding hydrogens is 262 g/mol. The van der Waals surface area contributed by atoms with E-state index in [-0.39, 0.29) is 0 Å². The summed E-state index contributed by atoms with van der Waals surface area (Å²) in [5, 5.41) is 19.1. The van der Waals surface area contributed by atoms with Crippen LogP contribution in [-0.4, -0.2) is 42.7 Å². The van der Waals surface area contributed by atoms with E-state index in [2.05, 4.69) is 29.8 Å². The van der Waals surface area contributed by atoms with Gasteiger partial charge in [-0.3, -0.25) is 0 Å². The number of hydrogen-bond donors (Lipinski definition) is 1. The molecule has 0 radical (unpaired) electrons. The molecule has 1 aromatic rings. The molecule has 0 spiro atoms. The largest absolute Gasteiger partial charge is 0.389 e. The number of hydrogen-bond acceptors (Lipinski definition) is 4. The summed E-state index contributed by atoms with van der Waals surface area (Å²) in [5.41, 5.74) is 2.53. The Kier molecular flexibility index (Phi) is 5.22. The zero-order chi connectivity index (χ0) is 15.4. The van der Waals surface area contributed by atoms with Gasteiger partial charge in [-0.15, -0.1) is 0 Å². The molecule has 0 unspecified atom stereocenters. The Bertz CT molecular complexity index is 513. The molecule has 0 amide bonds. The molecule has 1 heterocycles. The molecule has 21 heavy (non-hydrogen) atoms. The highest BCUT2D eigenvalue weighted by Crippen LogP contribution is 2.30. The number of nitrogens with zero attached hydrogens (tertiary/aromatic N) is 3. The van der Waals surface area contributed by atoms with Crippen molar-refractivity contribution in [3.05, 3.63) is 29.3 Å². The molecule has 4 nitrogen and oxygen atoms in total. The number of likely N-dealkylation sites (tertiary alicyclic amines) is 1. The van der Waals surface area contributed by atoms with Crippen molar-refractivity contribution >= 4 is 5.69 Å².